The van der Waals surface area contributed by atoms with E-state index in [9.17, 15) is 4.79 Å². The molecular formula is C21H24N6O. The summed E-state index contributed by atoms with van der Waals surface area (Å²) in [7, 11) is 2.16. The number of imidazole rings is 1. The minimum absolute atomic E-state index is 0.190. The number of nitrogens with one attached hydrogen (secondary N) is 1. The first-order valence-corrected chi connectivity index (χ1v) is 9.58. The van der Waals surface area contributed by atoms with Crippen LogP contribution in [0.5, 0.6) is 0 Å². The van der Waals surface area contributed by atoms with Gasteiger partial charge in [-0.3, -0.25) is 14.3 Å². The highest BCUT2D eigenvalue weighted by molar-refractivity contribution is 5.92. The zero-order valence-corrected chi connectivity index (χ0v) is 15.9. The fraction of sp³-hybridized carbons (Fsp3) is 0.333. The van der Waals surface area contributed by atoms with Gasteiger partial charge in [0.05, 0.1) is 0 Å². The highest BCUT2D eigenvalue weighted by Gasteiger charge is 2.30. The maximum Gasteiger partial charge on any atom is 0.271 e. The van der Waals surface area contributed by atoms with E-state index >= 15 is 0 Å². The minimum atomic E-state index is -0.190. The van der Waals surface area contributed by atoms with Crippen LogP contribution in [0.2, 0.25) is 0 Å². The molecule has 1 fully saturated rings. The van der Waals surface area contributed by atoms with Gasteiger partial charge in [0.1, 0.15) is 6.33 Å². The van der Waals surface area contributed by atoms with Crippen molar-refractivity contribution in [2.75, 3.05) is 20.1 Å². The molecule has 1 N–H and O–H groups in total. The van der Waals surface area contributed by atoms with Gasteiger partial charge in [-0.15, -0.1) is 10.2 Å². The number of aromatic nitrogens is 4. The first kappa shape index (κ1) is 18.3. The summed E-state index contributed by atoms with van der Waals surface area (Å²) in [6, 6.07) is 14.3. The number of rotatable bonds is 5. The van der Waals surface area contributed by atoms with Crippen LogP contribution >= 0.6 is 0 Å². The Labute approximate surface area is 164 Å². The second kappa shape index (κ2) is 8.31. The molecule has 4 rings (SSSR count). The van der Waals surface area contributed by atoms with Gasteiger partial charge < -0.3 is 5.32 Å². The normalized spacial score (nSPS) is 20.0. The van der Waals surface area contributed by atoms with E-state index in [1.807, 2.05) is 6.07 Å². The van der Waals surface area contributed by atoms with Crippen LogP contribution in [-0.2, 0) is 0 Å². The van der Waals surface area contributed by atoms with Gasteiger partial charge in [0.25, 0.3) is 5.91 Å². The molecule has 0 saturated carbocycles. The zero-order chi connectivity index (χ0) is 19.3. The van der Waals surface area contributed by atoms with Crippen molar-refractivity contribution in [2.45, 2.75) is 18.9 Å². The predicted molar refractivity (Wildman–Crippen MR) is 106 cm³/mol. The first-order chi connectivity index (χ1) is 13.7. The van der Waals surface area contributed by atoms with Crippen molar-refractivity contribution in [1.82, 2.24) is 30.0 Å². The van der Waals surface area contributed by atoms with Crippen LogP contribution in [0.3, 0.4) is 0 Å². The molecule has 0 unspecified atom stereocenters. The van der Waals surface area contributed by atoms with Crippen molar-refractivity contribution in [3.63, 3.8) is 0 Å². The third-order valence-electron chi connectivity index (χ3n) is 5.33. The molecule has 1 saturated heterocycles. The number of piperidine rings is 1. The van der Waals surface area contributed by atoms with Crippen molar-refractivity contribution in [1.29, 1.82) is 0 Å². The monoisotopic (exact) mass is 376 g/mol. The van der Waals surface area contributed by atoms with Crippen LogP contribution in [0, 0.1) is 5.92 Å². The van der Waals surface area contributed by atoms with Crippen LogP contribution in [-0.4, -0.2) is 50.7 Å². The molecule has 1 aliphatic heterocycles. The van der Waals surface area contributed by atoms with Crippen LogP contribution in [0.1, 0.15) is 34.9 Å². The van der Waals surface area contributed by atoms with E-state index in [1.165, 1.54) is 5.56 Å². The molecule has 1 aromatic carbocycles. The number of carbonyl (C=O) groups excluding carboxylic acids is 1. The molecule has 0 bridgehead atoms. The van der Waals surface area contributed by atoms with Gasteiger partial charge >= 0.3 is 0 Å². The van der Waals surface area contributed by atoms with Gasteiger partial charge in [-0.1, -0.05) is 30.3 Å². The molecule has 3 heterocycles. The molecule has 28 heavy (non-hydrogen) atoms. The summed E-state index contributed by atoms with van der Waals surface area (Å²) < 4.78 is 1.75. The summed E-state index contributed by atoms with van der Waals surface area (Å²) >= 11 is 0. The van der Waals surface area contributed by atoms with Crippen LogP contribution in [0.25, 0.3) is 5.82 Å². The highest BCUT2D eigenvalue weighted by Crippen LogP contribution is 2.34. The minimum Gasteiger partial charge on any atom is -0.350 e. The predicted octanol–water partition coefficient (Wildman–Crippen LogP) is 2.48. The molecule has 7 nitrogen and oxygen atoms in total. The summed E-state index contributed by atoms with van der Waals surface area (Å²) in [5, 5.41) is 11.2. The first-order valence-electron chi connectivity index (χ1n) is 9.58. The Hall–Kier alpha value is -3.06. The van der Waals surface area contributed by atoms with E-state index in [0.29, 0.717) is 30.0 Å². The van der Waals surface area contributed by atoms with Crippen molar-refractivity contribution in [3.8, 4) is 5.82 Å². The van der Waals surface area contributed by atoms with E-state index in [1.54, 1.807) is 35.4 Å². The molecule has 3 aromatic rings. The van der Waals surface area contributed by atoms with Crippen LogP contribution in [0.4, 0.5) is 0 Å². The second-order valence-corrected chi connectivity index (χ2v) is 7.20. The molecule has 0 spiro atoms. The second-order valence-electron chi connectivity index (χ2n) is 7.20. The average Bonchev–Trinajstić information content (AvgIpc) is 3.28. The Morgan fingerprint density at radius 2 is 2.04 bits per heavy atom. The Bertz CT molecular complexity index is 894. The number of benzene rings is 1. The molecule has 2 atom stereocenters. The molecule has 144 valence electrons. The number of likely N-dealkylation sites (tertiary alicyclic amines) is 1. The lowest BCUT2D eigenvalue weighted by atomic mass is 9.85. The lowest BCUT2D eigenvalue weighted by Crippen LogP contribution is -2.41. The van der Waals surface area contributed by atoms with Gasteiger partial charge in [-0.25, -0.2) is 4.98 Å². The topological polar surface area (TPSA) is 75.9 Å². The zero-order valence-electron chi connectivity index (χ0n) is 15.9. The summed E-state index contributed by atoms with van der Waals surface area (Å²) in [5.74, 6) is 0.806. The van der Waals surface area contributed by atoms with Gasteiger partial charge in [-0.05, 0) is 50.0 Å². The lowest BCUT2D eigenvalue weighted by Gasteiger charge is -2.39. The molecule has 1 amide bonds. The fourth-order valence-corrected chi connectivity index (χ4v) is 3.94. The van der Waals surface area contributed by atoms with Gasteiger partial charge in [-0.2, -0.15) is 0 Å². The Balaban J connectivity index is 1.42. The van der Waals surface area contributed by atoms with E-state index in [-0.39, 0.29) is 5.91 Å². The summed E-state index contributed by atoms with van der Waals surface area (Å²) in [6.45, 7) is 1.69. The summed E-state index contributed by atoms with van der Waals surface area (Å²) in [4.78, 5) is 18.9. The molecule has 2 aromatic heterocycles. The fourth-order valence-electron chi connectivity index (χ4n) is 3.94. The lowest BCUT2D eigenvalue weighted by molar-refractivity contribution is 0.0886. The van der Waals surface area contributed by atoms with E-state index < -0.39 is 0 Å². The summed E-state index contributed by atoms with van der Waals surface area (Å²) in [5.41, 5.74) is 1.62. The van der Waals surface area contributed by atoms with Crippen molar-refractivity contribution in [2.24, 2.45) is 5.92 Å². The molecular weight excluding hydrogens is 352 g/mol. The average molecular weight is 376 g/mol. The maximum atomic E-state index is 12.6. The molecule has 0 radical (unpaired) electrons. The number of carbonyl (C=O) groups is 1. The van der Waals surface area contributed by atoms with Crippen LogP contribution in [0.15, 0.2) is 61.2 Å². The maximum absolute atomic E-state index is 12.6. The van der Waals surface area contributed by atoms with Gasteiger partial charge in [0.15, 0.2) is 11.5 Å². The van der Waals surface area contributed by atoms with Crippen molar-refractivity contribution < 1.29 is 4.79 Å². The van der Waals surface area contributed by atoms with E-state index in [2.05, 4.69) is 56.7 Å². The SMILES string of the molecule is CN1CCC[C@H](CNC(=O)c2ccc(-n3ccnc3)nn2)[C@H]1c1ccccc1. The van der Waals surface area contributed by atoms with Gasteiger partial charge in [0.2, 0.25) is 0 Å². The third kappa shape index (κ3) is 3.94. The number of amides is 1. The Kier molecular flexibility index (Phi) is 5.43. The van der Waals surface area contributed by atoms with Gasteiger partial charge in [0, 0.05) is 25.0 Å². The van der Waals surface area contributed by atoms with Crippen LogP contribution < -0.4 is 5.32 Å². The largest absolute Gasteiger partial charge is 0.350 e. The highest BCUT2D eigenvalue weighted by atomic mass is 16.1. The van der Waals surface area contributed by atoms with E-state index in [4.69, 9.17) is 0 Å². The quantitative estimate of drug-likeness (QED) is 0.740. The molecule has 0 aliphatic carbocycles. The number of hydrogen-bond donors (Lipinski definition) is 1. The van der Waals surface area contributed by atoms with Crippen molar-refractivity contribution in [3.05, 3.63) is 72.4 Å². The standard InChI is InChI=1S/C21H24N6O/c1-26-12-5-8-17(20(26)16-6-3-2-4-7-16)14-23-21(28)18-9-10-19(25-24-18)27-13-11-22-15-27/h2-4,6-7,9-11,13,15,17,20H,5,8,12,14H2,1H3,(H,23,28)/t17-,20-/m1/s1. The number of hydrogen-bond acceptors (Lipinski definition) is 5. The van der Waals surface area contributed by atoms with Crippen molar-refractivity contribution >= 4 is 5.91 Å². The molecule has 7 heteroatoms. The smallest absolute Gasteiger partial charge is 0.271 e. The Morgan fingerprint density at radius 1 is 1.18 bits per heavy atom. The summed E-state index contributed by atoms with van der Waals surface area (Å²) in [6.07, 6.45) is 7.34. The van der Waals surface area contributed by atoms with E-state index in [0.717, 1.165) is 19.4 Å². The molecule has 1 aliphatic rings. The Morgan fingerprint density at radius 3 is 2.75 bits per heavy atom. The number of nitrogens with zero attached hydrogens (tertiary/aromatic N) is 5. The third-order valence-corrected chi connectivity index (χ3v) is 5.33.